The van der Waals surface area contributed by atoms with Crippen molar-refractivity contribution >= 4 is 0 Å². The molecule has 0 spiro atoms. The fraction of sp³-hybridized carbons (Fsp3) is 1.00. The summed E-state index contributed by atoms with van der Waals surface area (Å²) >= 11 is 0. The predicted molar refractivity (Wildman–Crippen MR) is 64.8 cm³/mol. The second-order valence-corrected chi connectivity index (χ2v) is 6.10. The summed E-state index contributed by atoms with van der Waals surface area (Å²) in [5, 5.41) is 0. The summed E-state index contributed by atoms with van der Waals surface area (Å²) in [6, 6.07) is 1.51. The molecule has 2 aliphatic rings. The Kier molecular flexibility index (Phi) is 3.09. The fourth-order valence-corrected chi connectivity index (χ4v) is 2.97. The van der Waals surface area contributed by atoms with E-state index in [1.165, 1.54) is 38.5 Å². The number of nitrogens with two attached hydrogens (primary N) is 1. The van der Waals surface area contributed by atoms with Gasteiger partial charge in [0, 0.05) is 17.6 Å². The summed E-state index contributed by atoms with van der Waals surface area (Å²) in [4.78, 5) is 2.52. The van der Waals surface area contributed by atoms with Gasteiger partial charge < -0.3 is 10.6 Å². The van der Waals surface area contributed by atoms with Crippen LogP contribution in [0.25, 0.3) is 0 Å². The topological polar surface area (TPSA) is 29.3 Å². The molecule has 1 aliphatic carbocycles. The van der Waals surface area contributed by atoms with Crippen LogP contribution in [0.1, 0.15) is 52.4 Å². The molecule has 2 atom stereocenters. The molecule has 0 bridgehead atoms. The summed E-state index contributed by atoms with van der Waals surface area (Å²) in [6.45, 7) is 4.72. The van der Waals surface area contributed by atoms with E-state index in [0.717, 1.165) is 18.0 Å². The van der Waals surface area contributed by atoms with Crippen molar-refractivity contribution in [3.05, 3.63) is 0 Å². The quantitative estimate of drug-likeness (QED) is 0.775. The molecule has 88 valence electrons. The van der Waals surface area contributed by atoms with Gasteiger partial charge in [0.25, 0.3) is 0 Å². The molecule has 2 N–H and O–H groups in total. The normalized spacial score (nSPS) is 40.4. The Balaban J connectivity index is 1.78. The molecule has 15 heavy (non-hydrogen) atoms. The lowest BCUT2D eigenvalue weighted by molar-refractivity contribution is 0.0923. The van der Waals surface area contributed by atoms with Crippen molar-refractivity contribution in [1.82, 2.24) is 4.90 Å². The first-order chi connectivity index (χ1) is 7.00. The van der Waals surface area contributed by atoms with Crippen LogP contribution in [0.4, 0.5) is 0 Å². The summed E-state index contributed by atoms with van der Waals surface area (Å²) in [7, 11) is 2.26. The number of hydrogen-bond acceptors (Lipinski definition) is 2. The van der Waals surface area contributed by atoms with Gasteiger partial charge in [0.1, 0.15) is 0 Å². The maximum absolute atomic E-state index is 6.15. The van der Waals surface area contributed by atoms with Crippen LogP contribution in [0, 0.1) is 5.92 Å². The van der Waals surface area contributed by atoms with Crippen molar-refractivity contribution in [2.24, 2.45) is 11.7 Å². The van der Waals surface area contributed by atoms with Gasteiger partial charge in [-0.15, -0.1) is 0 Å². The highest BCUT2D eigenvalue weighted by atomic mass is 15.2. The first-order valence-corrected chi connectivity index (χ1v) is 6.51. The van der Waals surface area contributed by atoms with E-state index < -0.39 is 0 Å². The van der Waals surface area contributed by atoms with Gasteiger partial charge in [0.05, 0.1) is 0 Å². The highest BCUT2D eigenvalue weighted by molar-refractivity contribution is 4.99. The van der Waals surface area contributed by atoms with E-state index in [1.807, 2.05) is 0 Å². The third-order valence-electron chi connectivity index (χ3n) is 4.68. The molecule has 1 aliphatic heterocycles. The molecule has 2 fully saturated rings. The van der Waals surface area contributed by atoms with Crippen molar-refractivity contribution in [1.29, 1.82) is 0 Å². The Morgan fingerprint density at radius 2 is 1.73 bits per heavy atom. The molecule has 0 radical (unpaired) electrons. The summed E-state index contributed by atoms with van der Waals surface area (Å²) in [6.07, 6.45) is 7.91. The van der Waals surface area contributed by atoms with Crippen molar-refractivity contribution < 1.29 is 0 Å². The van der Waals surface area contributed by atoms with E-state index in [2.05, 4.69) is 25.8 Å². The van der Waals surface area contributed by atoms with Crippen molar-refractivity contribution in [3.8, 4) is 0 Å². The van der Waals surface area contributed by atoms with Gasteiger partial charge in [-0.3, -0.25) is 0 Å². The van der Waals surface area contributed by atoms with Gasteiger partial charge >= 0.3 is 0 Å². The largest absolute Gasteiger partial charge is 0.325 e. The van der Waals surface area contributed by atoms with E-state index in [1.54, 1.807) is 0 Å². The molecule has 0 aromatic carbocycles. The minimum absolute atomic E-state index is 0.260. The lowest BCUT2D eigenvalue weighted by Gasteiger charge is -2.40. The van der Waals surface area contributed by atoms with Crippen LogP contribution in [-0.2, 0) is 0 Å². The fourth-order valence-electron chi connectivity index (χ4n) is 2.97. The third-order valence-corrected chi connectivity index (χ3v) is 4.68. The van der Waals surface area contributed by atoms with Crippen LogP contribution in [0.5, 0.6) is 0 Å². The maximum Gasteiger partial charge on any atom is 0.0155 e. The van der Waals surface area contributed by atoms with Crippen molar-refractivity contribution in [2.45, 2.75) is 70.0 Å². The minimum Gasteiger partial charge on any atom is -0.325 e. The van der Waals surface area contributed by atoms with Crippen LogP contribution >= 0.6 is 0 Å². The predicted octanol–water partition coefficient (Wildman–Crippen LogP) is 2.38. The molecule has 0 aromatic rings. The Bertz CT molecular complexity index is 211. The molecular formula is C13H26N2. The average molecular weight is 210 g/mol. The van der Waals surface area contributed by atoms with Crippen LogP contribution in [-0.4, -0.2) is 29.6 Å². The molecule has 2 heteroatoms. The van der Waals surface area contributed by atoms with E-state index in [4.69, 9.17) is 5.73 Å². The van der Waals surface area contributed by atoms with Crippen LogP contribution < -0.4 is 5.73 Å². The molecular weight excluding hydrogens is 184 g/mol. The first-order valence-electron chi connectivity index (χ1n) is 6.51. The average Bonchev–Trinajstić information content (AvgIpc) is 2.90. The van der Waals surface area contributed by atoms with Gasteiger partial charge in [-0.25, -0.2) is 0 Å². The van der Waals surface area contributed by atoms with Gasteiger partial charge in [-0.2, -0.15) is 0 Å². The van der Waals surface area contributed by atoms with Gasteiger partial charge in [-0.05, 0) is 65.3 Å². The number of piperidine rings is 1. The molecule has 0 amide bonds. The summed E-state index contributed by atoms with van der Waals surface area (Å²) in [5.74, 6) is 0.923. The van der Waals surface area contributed by atoms with E-state index >= 15 is 0 Å². The van der Waals surface area contributed by atoms with E-state index in [0.29, 0.717) is 0 Å². The molecule has 2 rings (SSSR count). The first kappa shape index (κ1) is 11.4. The molecule has 1 heterocycles. The minimum atomic E-state index is 0.260. The number of rotatable bonds is 3. The summed E-state index contributed by atoms with van der Waals surface area (Å²) in [5.41, 5.74) is 6.41. The molecule has 0 aromatic heterocycles. The van der Waals surface area contributed by atoms with Crippen LogP contribution in [0.3, 0.4) is 0 Å². The number of hydrogen-bond donors (Lipinski definition) is 1. The smallest absolute Gasteiger partial charge is 0.0155 e. The molecule has 1 saturated heterocycles. The van der Waals surface area contributed by atoms with E-state index in [-0.39, 0.29) is 5.54 Å². The Labute approximate surface area is 94.2 Å². The van der Waals surface area contributed by atoms with Crippen molar-refractivity contribution in [3.63, 3.8) is 0 Å². The van der Waals surface area contributed by atoms with Crippen LogP contribution in [0.2, 0.25) is 0 Å². The monoisotopic (exact) mass is 210 g/mol. The highest BCUT2D eigenvalue weighted by Crippen LogP contribution is 2.39. The Morgan fingerprint density at radius 3 is 2.20 bits per heavy atom. The summed E-state index contributed by atoms with van der Waals surface area (Å²) < 4.78 is 0. The second-order valence-electron chi connectivity index (χ2n) is 6.10. The van der Waals surface area contributed by atoms with Gasteiger partial charge in [-0.1, -0.05) is 0 Å². The maximum atomic E-state index is 6.15. The Hall–Kier alpha value is -0.0800. The standard InChI is InChI=1S/C13H26N2/c1-10-8-12(9-11(2)15(10)3)4-5-13(14)6-7-13/h10-12H,4-9,14H2,1-3H3. The third kappa shape index (κ3) is 2.73. The number of likely N-dealkylation sites (tertiary alicyclic amines) is 1. The zero-order chi connectivity index (χ0) is 11.1. The van der Waals surface area contributed by atoms with E-state index in [9.17, 15) is 0 Å². The molecule has 1 saturated carbocycles. The SMILES string of the molecule is CC1CC(CCC2(N)CC2)CC(C)N1C. The highest BCUT2D eigenvalue weighted by Gasteiger charge is 2.38. The van der Waals surface area contributed by atoms with Crippen molar-refractivity contribution in [2.75, 3.05) is 7.05 Å². The molecule has 2 nitrogen and oxygen atoms in total. The Morgan fingerprint density at radius 1 is 1.20 bits per heavy atom. The zero-order valence-corrected chi connectivity index (χ0v) is 10.5. The van der Waals surface area contributed by atoms with Gasteiger partial charge in [0.2, 0.25) is 0 Å². The second kappa shape index (κ2) is 4.06. The molecule has 2 unspecified atom stereocenters. The number of nitrogens with zero attached hydrogens (tertiary/aromatic N) is 1. The zero-order valence-electron chi connectivity index (χ0n) is 10.5. The lowest BCUT2D eigenvalue weighted by atomic mass is 9.83. The van der Waals surface area contributed by atoms with Gasteiger partial charge in [0.15, 0.2) is 0 Å². The van der Waals surface area contributed by atoms with Crippen LogP contribution in [0.15, 0.2) is 0 Å². The lowest BCUT2D eigenvalue weighted by Crippen LogP contribution is -2.44.